The van der Waals surface area contributed by atoms with Crippen LogP contribution in [0.5, 0.6) is 0 Å². The van der Waals surface area contributed by atoms with Crippen LogP contribution < -0.4 is 0 Å². The molecule has 0 bridgehead atoms. The maximum Gasteiger partial charge on any atom is 0.428 e. The highest BCUT2D eigenvalue weighted by atomic mass is 19.4. The molecule has 1 rings (SSSR count). The van der Waals surface area contributed by atoms with Gasteiger partial charge in [0.1, 0.15) is 0 Å². The number of allylic oxidation sites excluding steroid dienone is 2. The molecule has 0 heterocycles. The molecule has 0 amide bonds. The van der Waals surface area contributed by atoms with Crippen molar-refractivity contribution in [2.45, 2.75) is 30.6 Å². The van der Waals surface area contributed by atoms with Gasteiger partial charge in [0.2, 0.25) is 0 Å². The van der Waals surface area contributed by atoms with Gasteiger partial charge in [-0.25, -0.2) is 13.2 Å². The van der Waals surface area contributed by atoms with Gasteiger partial charge < -0.3 is 0 Å². The molecule has 1 unspecified atom stereocenters. The van der Waals surface area contributed by atoms with Crippen molar-refractivity contribution < 1.29 is 26.3 Å². The van der Waals surface area contributed by atoms with E-state index in [2.05, 4.69) is 0 Å². The summed E-state index contributed by atoms with van der Waals surface area (Å²) >= 11 is 0. The highest BCUT2D eigenvalue weighted by Gasteiger charge is 2.70. The molecule has 13 heavy (non-hydrogen) atoms. The summed E-state index contributed by atoms with van der Waals surface area (Å²) in [6.45, 7) is 0. The second kappa shape index (κ2) is 2.65. The smallest absolute Gasteiger partial charge is 0.227 e. The van der Waals surface area contributed by atoms with Crippen LogP contribution in [-0.4, -0.2) is 17.8 Å². The Labute approximate surface area is 70.2 Å². The molecule has 0 aromatic heterocycles. The third-order valence-corrected chi connectivity index (χ3v) is 1.97. The van der Waals surface area contributed by atoms with Gasteiger partial charge in [0, 0.05) is 12.8 Å². The van der Waals surface area contributed by atoms with E-state index < -0.39 is 30.6 Å². The van der Waals surface area contributed by atoms with E-state index in [-0.39, 0.29) is 0 Å². The zero-order valence-corrected chi connectivity index (χ0v) is 6.34. The molecule has 1 aliphatic carbocycles. The molecule has 0 aliphatic heterocycles. The topological polar surface area (TPSA) is 0 Å². The first-order chi connectivity index (χ1) is 5.71. The van der Waals surface area contributed by atoms with Gasteiger partial charge in [-0.3, -0.25) is 0 Å². The van der Waals surface area contributed by atoms with E-state index in [0.717, 1.165) is 12.2 Å². The molecule has 0 saturated heterocycles. The minimum Gasteiger partial charge on any atom is -0.227 e. The fourth-order valence-electron chi connectivity index (χ4n) is 1.11. The molecule has 0 nitrogen and oxygen atoms in total. The van der Waals surface area contributed by atoms with E-state index >= 15 is 0 Å². The molecule has 1 aliphatic rings. The van der Waals surface area contributed by atoms with Crippen LogP contribution in [0, 0.1) is 0 Å². The number of hydrogen-bond donors (Lipinski definition) is 0. The average Bonchev–Trinajstić information content (AvgIpc) is 1.93. The maximum absolute atomic E-state index is 12.9. The van der Waals surface area contributed by atoms with Gasteiger partial charge in [0.25, 0.3) is 11.6 Å². The summed E-state index contributed by atoms with van der Waals surface area (Å²) in [6, 6.07) is 0. The summed E-state index contributed by atoms with van der Waals surface area (Å²) in [4.78, 5) is 0. The lowest BCUT2D eigenvalue weighted by atomic mass is 9.86. The van der Waals surface area contributed by atoms with Crippen LogP contribution in [0.4, 0.5) is 26.3 Å². The lowest BCUT2D eigenvalue weighted by Crippen LogP contribution is -2.55. The van der Waals surface area contributed by atoms with Gasteiger partial charge in [0.05, 0.1) is 0 Å². The molecular weight excluding hydrogens is 198 g/mol. The standard InChI is InChI=1S/C7H6F6/c8-5(7(11,12)13)3-1-2-4-6(5,9)10/h1-2H,3-4H2. The van der Waals surface area contributed by atoms with Crippen molar-refractivity contribution in [3.05, 3.63) is 12.2 Å². The van der Waals surface area contributed by atoms with Crippen molar-refractivity contribution in [3.63, 3.8) is 0 Å². The van der Waals surface area contributed by atoms with E-state index in [1.54, 1.807) is 0 Å². The van der Waals surface area contributed by atoms with Gasteiger partial charge >= 0.3 is 6.18 Å². The first-order valence-corrected chi connectivity index (χ1v) is 3.49. The van der Waals surface area contributed by atoms with Crippen LogP contribution in [0.15, 0.2) is 12.2 Å². The second-order valence-electron chi connectivity index (χ2n) is 2.88. The summed E-state index contributed by atoms with van der Waals surface area (Å²) in [7, 11) is 0. The van der Waals surface area contributed by atoms with E-state index in [1.807, 2.05) is 0 Å². The molecule has 6 heteroatoms. The third kappa shape index (κ3) is 1.42. The van der Waals surface area contributed by atoms with Crippen LogP contribution in [0.25, 0.3) is 0 Å². The molecule has 76 valence electrons. The van der Waals surface area contributed by atoms with Crippen molar-refractivity contribution in [2.75, 3.05) is 0 Å². The largest absolute Gasteiger partial charge is 0.428 e. The summed E-state index contributed by atoms with van der Waals surface area (Å²) < 4.78 is 73.9. The highest BCUT2D eigenvalue weighted by molar-refractivity contribution is 5.11. The zero-order valence-electron chi connectivity index (χ0n) is 6.34. The highest BCUT2D eigenvalue weighted by Crippen LogP contribution is 2.51. The number of alkyl halides is 6. The van der Waals surface area contributed by atoms with Crippen LogP contribution >= 0.6 is 0 Å². The molecule has 0 saturated carbocycles. The molecule has 0 spiro atoms. The Morgan fingerprint density at radius 2 is 1.38 bits per heavy atom. The first-order valence-electron chi connectivity index (χ1n) is 3.49. The quantitative estimate of drug-likeness (QED) is 0.419. The van der Waals surface area contributed by atoms with Crippen LogP contribution in [0.2, 0.25) is 0 Å². The maximum atomic E-state index is 12.9. The van der Waals surface area contributed by atoms with E-state index in [1.165, 1.54) is 0 Å². The minimum absolute atomic E-state index is 0.783. The Morgan fingerprint density at radius 3 is 1.69 bits per heavy atom. The Bertz CT molecular complexity index is 228. The fourth-order valence-corrected chi connectivity index (χ4v) is 1.11. The van der Waals surface area contributed by atoms with Gasteiger partial charge in [-0.05, 0) is 0 Å². The van der Waals surface area contributed by atoms with Gasteiger partial charge in [-0.15, -0.1) is 0 Å². The lowest BCUT2D eigenvalue weighted by Gasteiger charge is -2.35. The van der Waals surface area contributed by atoms with Crippen LogP contribution in [0.1, 0.15) is 12.8 Å². The number of halogens is 6. The Hall–Kier alpha value is -0.680. The molecule has 0 aromatic carbocycles. The van der Waals surface area contributed by atoms with Crippen molar-refractivity contribution in [3.8, 4) is 0 Å². The molecule has 0 radical (unpaired) electrons. The monoisotopic (exact) mass is 204 g/mol. The Kier molecular flexibility index (Phi) is 2.12. The first kappa shape index (κ1) is 10.4. The van der Waals surface area contributed by atoms with Crippen molar-refractivity contribution >= 4 is 0 Å². The molecule has 0 aromatic rings. The van der Waals surface area contributed by atoms with E-state index in [9.17, 15) is 26.3 Å². The van der Waals surface area contributed by atoms with Gasteiger partial charge in [-0.1, -0.05) is 12.2 Å². The second-order valence-corrected chi connectivity index (χ2v) is 2.88. The summed E-state index contributed by atoms with van der Waals surface area (Å²) in [6.07, 6.45) is -6.41. The Morgan fingerprint density at radius 1 is 0.923 bits per heavy atom. The summed E-state index contributed by atoms with van der Waals surface area (Å²) in [5.41, 5.74) is -4.41. The molecule has 0 N–H and O–H groups in total. The normalized spacial score (nSPS) is 33.4. The van der Waals surface area contributed by atoms with Crippen LogP contribution in [0.3, 0.4) is 0 Å². The SMILES string of the molecule is FC(F)(F)C1(F)CC=CCC1(F)F. The van der Waals surface area contributed by atoms with Crippen molar-refractivity contribution in [2.24, 2.45) is 0 Å². The molecule has 0 fully saturated rings. The summed E-state index contributed by atoms with van der Waals surface area (Å²) in [5.74, 6) is -4.36. The minimum atomic E-state index is -5.53. The summed E-state index contributed by atoms with van der Waals surface area (Å²) in [5, 5.41) is 0. The predicted molar refractivity (Wildman–Crippen MR) is 33.2 cm³/mol. The molecular formula is C7H6F6. The lowest BCUT2D eigenvalue weighted by molar-refractivity contribution is -0.302. The Balaban J connectivity index is 3.07. The van der Waals surface area contributed by atoms with Gasteiger partial charge in [0.15, 0.2) is 0 Å². The van der Waals surface area contributed by atoms with Crippen molar-refractivity contribution in [1.29, 1.82) is 0 Å². The van der Waals surface area contributed by atoms with E-state index in [4.69, 9.17) is 0 Å². The fraction of sp³-hybridized carbons (Fsp3) is 0.714. The number of rotatable bonds is 0. The number of hydrogen-bond acceptors (Lipinski definition) is 0. The third-order valence-electron chi connectivity index (χ3n) is 1.97. The van der Waals surface area contributed by atoms with Crippen molar-refractivity contribution in [1.82, 2.24) is 0 Å². The van der Waals surface area contributed by atoms with E-state index in [0.29, 0.717) is 0 Å². The average molecular weight is 204 g/mol. The zero-order chi connectivity index (χ0) is 10.3. The molecule has 1 atom stereocenters. The van der Waals surface area contributed by atoms with Crippen LogP contribution in [-0.2, 0) is 0 Å². The predicted octanol–water partition coefficient (Wildman–Crippen LogP) is 3.24. The van der Waals surface area contributed by atoms with Gasteiger partial charge in [-0.2, -0.15) is 13.2 Å².